The van der Waals surface area contributed by atoms with Crippen LogP contribution in [-0.4, -0.2) is 25.7 Å². The second-order valence-electron chi connectivity index (χ2n) is 3.50. The van der Waals surface area contributed by atoms with E-state index in [-0.39, 0.29) is 11.9 Å². The summed E-state index contributed by atoms with van der Waals surface area (Å²) in [7, 11) is 1.63. The number of methoxy groups -OCH3 is 1. The summed E-state index contributed by atoms with van der Waals surface area (Å²) in [6, 6.07) is 4.15. The van der Waals surface area contributed by atoms with Crippen LogP contribution in [0.3, 0.4) is 0 Å². The Morgan fingerprint density at radius 3 is 3.07 bits per heavy atom. The van der Waals surface area contributed by atoms with Crippen LogP contribution in [0.25, 0.3) is 0 Å². The average Bonchev–Trinajstić information content (AvgIpc) is 2.67. The maximum absolute atomic E-state index is 11.5. The molecular formula is C11H17NO2S. The third-order valence-corrected chi connectivity index (χ3v) is 2.94. The van der Waals surface area contributed by atoms with E-state index < -0.39 is 0 Å². The van der Waals surface area contributed by atoms with Crippen LogP contribution >= 0.6 is 11.3 Å². The predicted molar refractivity (Wildman–Crippen MR) is 62.1 cm³/mol. The van der Waals surface area contributed by atoms with Crippen LogP contribution in [0, 0.1) is 0 Å². The first-order chi connectivity index (χ1) is 7.22. The van der Waals surface area contributed by atoms with E-state index in [2.05, 4.69) is 11.4 Å². The molecule has 1 aromatic rings. The molecule has 1 atom stereocenters. The molecule has 0 fully saturated rings. The molecule has 0 saturated carbocycles. The molecule has 0 aliphatic carbocycles. The molecule has 0 spiro atoms. The van der Waals surface area contributed by atoms with Crippen LogP contribution in [-0.2, 0) is 16.0 Å². The van der Waals surface area contributed by atoms with Gasteiger partial charge in [0, 0.05) is 24.4 Å². The highest BCUT2D eigenvalue weighted by atomic mass is 32.1. The lowest BCUT2D eigenvalue weighted by Gasteiger charge is -2.12. The van der Waals surface area contributed by atoms with Crippen LogP contribution in [0.4, 0.5) is 0 Å². The van der Waals surface area contributed by atoms with Crippen LogP contribution < -0.4 is 5.32 Å². The minimum Gasteiger partial charge on any atom is -0.383 e. The van der Waals surface area contributed by atoms with Gasteiger partial charge in [0.15, 0.2) is 0 Å². The Balaban J connectivity index is 2.19. The second-order valence-corrected chi connectivity index (χ2v) is 4.54. The molecule has 1 N–H and O–H groups in total. The van der Waals surface area contributed by atoms with Crippen molar-refractivity contribution in [1.82, 2.24) is 5.32 Å². The highest BCUT2D eigenvalue weighted by molar-refractivity contribution is 7.09. The standard InChI is InChI=1S/C11H17NO2S/c1-9(8-14-2)12-11(13)6-5-10-4-3-7-15-10/h3-4,7,9H,5-6,8H2,1-2H3,(H,12,13)/t9-/m1/s1. The van der Waals surface area contributed by atoms with Gasteiger partial charge in [0.1, 0.15) is 0 Å². The van der Waals surface area contributed by atoms with E-state index in [0.29, 0.717) is 13.0 Å². The molecule has 1 aromatic heterocycles. The molecule has 0 aliphatic rings. The van der Waals surface area contributed by atoms with E-state index in [1.807, 2.05) is 18.4 Å². The zero-order chi connectivity index (χ0) is 11.1. The number of aryl methyl sites for hydroxylation is 1. The molecule has 15 heavy (non-hydrogen) atoms. The molecule has 0 saturated heterocycles. The summed E-state index contributed by atoms with van der Waals surface area (Å²) < 4.78 is 4.94. The van der Waals surface area contributed by atoms with Crippen molar-refractivity contribution >= 4 is 17.2 Å². The summed E-state index contributed by atoms with van der Waals surface area (Å²) in [5, 5.41) is 4.91. The smallest absolute Gasteiger partial charge is 0.220 e. The van der Waals surface area contributed by atoms with E-state index >= 15 is 0 Å². The number of ether oxygens (including phenoxy) is 1. The first kappa shape index (κ1) is 12.2. The lowest BCUT2D eigenvalue weighted by molar-refractivity contribution is -0.122. The maximum atomic E-state index is 11.5. The Morgan fingerprint density at radius 1 is 1.67 bits per heavy atom. The number of carbonyl (C=O) groups is 1. The van der Waals surface area contributed by atoms with Crippen molar-refractivity contribution in [2.75, 3.05) is 13.7 Å². The topological polar surface area (TPSA) is 38.3 Å². The fourth-order valence-electron chi connectivity index (χ4n) is 1.33. The summed E-state index contributed by atoms with van der Waals surface area (Å²) in [4.78, 5) is 12.7. The van der Waals surface area contributed by atoms with E-state index in [9.17, 15) is 4.79 Å². The Morgan fingerprint density at radius 2 is 2.47 bits per heavy atom. The number of hydrogen-bond donors (Lipinski definition) is 1. The number of hydrogen-bond acceptors (Lipinski definition) is 3. The van der Waals surface area contributed by atoms with Crippen molar-refractivity contribution < 1.29 is 9.53 Å². The van der Waals surface area contributed by atoms with Gasteiger partial charge in [-0.3, -0.25) is 4.79 Å². The van der Waals surface area contributed by atoms with Crippen molar-refractivity contribution in [3.8, 4) is 0 Å². The minimum atomic E-state index is 0.0887. The van der Waals surface area contributed by atoms with Crippen molar-refractivity contribution in [2.45, 2.75) is 25.8 Å². The molecule has 0 unspecified atom stereocenters. The monoisotopic (exact) mass is 227 g/mol. The summed E-state index contributed by atoms with van der Waals surface area (Å²) >= 11 is 1.69. The van der Waals surface area contributed by atoms with Crippen LogP contribution in [0.5, 0.6) is 0 Å². The number of carbonyl (C=O) groups excluding carboxylic acids is 1. The van der Waals surface area contributed by atoms with Gasteiger partial charge in [-0.15, -0.1) is 11.3 Å². The number of rotatable bonds is 6. The molecule has 0 aromatic carbocycles. The van der Waals surface area contributed by atoms with Gasteiger partial charge in [-0.25, -0.2) is 0 Å². The van der Waals surface area contributed by atoms with Gasteiger partial charge in [-0.05, 0) is 24.8 Å². The molecule has 0 aliphatic heterocycles. The summed E-state index contributed by atoms with van der Waals surface area (Å²) in [5.74, 6) is 0.0907. The Hall–Kier alpha value is -0.870. The van der Waals surface area contributed by atoms with Crippen molar-refractivity contribution in [1.29, 1.82) is 0 Å². The van der Waals surface area contributed by atoms with Crippen LogP contribution in [0.15, 0.2) is 17.5 Å². The van der Waals surface area contributed by atoms with E-state index in [1.54, 1.807) is 18.4 Å². The van der Waals surface area contributed by atoms with Crippen molar-refractivity contribution in [2.24, 2.45) is 0 Å². The maximum Gasteiger partial charge on any atom is 0.220 e. The zero-order valence-corrected chi connectivity index (χ0v) is 9.97. The molecule has 3 nitrogen and oxygen atoms in total. The van der Waals surface area contributed by atoms with Crippen LogP contribution in [0.2, 0.25) is 0 Å². The Kier molecular flexibility index (Phi) is 5.36. The van der Waals surface area contributed by atoms with E-state index in [4.69, 9.17) is 4.74 Å². The van der Waals surface area contributed by atoms with Gasteiger partial charge in [0.25, 0.3) is 0 Å². The first-order valence-electron chi connectivity index (χ1n) is 5.03. The van der Waals surface area contributed by atoms with Gasteiger partial charge in [0.2, 0.25) is 5.91 Å². The summed E-state index contributed by atoms with van der Waals surface area (Å²) in [5.41, 5.74) is 0. The SMILES string of the molecule is COC[C@@H](C)NC(=O)CCc1cccs1. The fourth-order valence-corrected chi connectivity index (χ4v) is 2.04. The number of amides is 1. The molecule has 84 valence electrons. The van der Waals surface area contributed by atoms with Gasteiger partial charge in [0.05, 0.1) is 6.61 Å². The third-order valence-electron chi connectivity index (χ3n) is 2.00. The summed E-state index contributed by atoms with van der Waals surface area (Å²) in [6.45, 7) is 2.50. The van der Waals surface area contributed by atoms with Gasteiger partial charge >= 0.3 is 0 Å². The lowest BCUT2D eigenvalue weighted by Crippen LogP contribution is -2.35. The quantitative estimate of drug-likeness (QED) is 0.805. The normalized spacial score (nSPS) is 12.4. The third kappa shape index (κ3) is 4.95. The highest BCUT2D eigenvalue weighted by Crippen LogP contribution is 2.10. The second kappa shape index (κ2) is 6.58. The lowest BCUT2D eigenvalue weighted by atomic mass is 10.2. The molecule has 1 amide bonds. The average molecular weight is 227 g/mol. The Bertz CT molecular complexity index is 285. The molecular weight excluding hydrogens is 210 g/mol. The molecule has 0 radical (unpaired) electrons. The minimum absolute atomic E-state index is 0.0887. The first-order valence-corrected chi connectivity index (χ1v) is 5.91. The number of thiophene rings is 1. The fraction of sp³-hybridized carbons (Fsp3) is 0.545. The van der Waals surface area contributed by atoms with E-state index in [0.717, 1.165) is 6.42 Å². The molecule has 0 bridgehead atoms. The molecule has 1 rings (SSSR count). The predicted octanol–water partition coefficient (Wildman–Crippen LogP) is 1.83. The zero-order valence-electron chi connectivity index (χ0n) is 9.16. The molecule has 1 heterocycles. The van der Waals surface area contributed by atoms with Crippen LogP contribution in [0.1, 0.15) is 18.2 Å². The van der Waals surface area contributed by atoms with Gasteiger partial charge in [-0.2, -0.15) is 0 Å². The highest BCUT2D eigenvalue weighted by Gasteiger charge is 2.07. The van der Waals surface area contributed by atoms with E-state index in [1.165, 1.54) is 4.88 Å². The summed E-state index contributed by atoms with van der Waals surface area (Å²) in [6.07, 6.45) is 1.37. The van der Waals surface area contributed by atoms with Crippen molar-refractivity contribution in [3.63, 3.8) is 0 Å². The van der Waals surface area contributed by atoms with Gasteiger partial charge < -0.3 is 10.1 Å². The molecule has 4 heteroatoms. The van der Waals surface area contributed by atoms with Crippen molar-refractivity contribution in [3.05, 3.63) is 22.4 Å². The van der Waals surface area contributed by atoms with Gasteiger partial charge in [-0.1, -0.05) is 6.07 Å². The number of nitrogens with one attached hydrogen (secondary N) is 1. The Labute approximate surface area is 94.5 Å². The largest absolute Gasteiger partial charge is 0.383 e.